The number of nitrogens with one attached hydrogen (secondary N) is 1. The number of hydrogen-bond donors (Lipinski definition) is 1. The summed E-state index contributed by atoms with van der Waals surface area (Å²) >= 11 is 1.43. The van der Waals surface area contributed by atoms with Crippen molar-refractivity contribution >= 4 is 44.8 Å². The number of esters is 1. The summed E-state index contributed by atoms with van der Waals surface area (Å²) in [6.07, 6.45) is -2.53. The van der Waals surface area contributed by atoms with Crippen molar-refractivity contribution < 1.29 is 27.4 Å². The summed E-state index contributed by atoms with van der Waals surface area (Å²) in [5.74, 6) is 0.143. The van der Waals surface area contributed by atoms with Crippen LogP contribution in [0.15, 0.2) is 60.7 Å². The Hall–Kier alpha value is -4.69. The number of ether oxygens (including phenoxy) is 2. The van der Waals surface area contributed by atoms with Gasteiger partial charge < -0.3 is 29.2 Å². The third-order valence-corrected chi connectivity index (χ3v) is 9.56. The Balaban J connectivity index is 1.23. The van der Waals surface area contributed by atoms with Gasteiger partial charge in [0.15, 0.2) is 0 Å². The van der Waals surface area contributed by atoms with E-state index in [-0.39, 0.29) is 24.2 Å². The maximum Gasteiger partial charge on any atom is 0.573 e. The van der Waals surface area contributed by atoms with E-state index < -0.39 is 6.36 Å². The van der Waals surface area contributed by atoms with Crippen molar-refractivity contribution in [2.75, 3.05) is 50.1 Å². The van der Waals surface area contributed by atoms with E-state index in [4.69, 9.17) is 9.72 Å². The molecule has 0 bridgehead atoms. The minimum Gasteiger partial charge on any atom is -0.469 e. The third-order valence-electron chi connectivity index (χ3n) is 8.67. The van der Waals surface area contributed by atoms with E-state index >= 15 is 0 Å². The van der Waals surface area contributed by atoms with Crippen LogP contribution in [0.1, 0.15) is 31.4 Å². The SMILES string of the molecule is CCN1CCN(c2cc3c(cc2Nc2nnc(-c4ccc(CC(=O)OC)cc4)s2)nc(-c2ccc(OC(F)(F)F)cc2)n3C2CC2)CC1. The number of rotatable bonds is 10. The van der Waals surface area contributed by atoms with Crippen LogP contribution in [0.4, 0.5) is 29.7 Å². The molecule has 5 aromatic rings. The lowest BCUT2D eigenvalue weighted by atomic mass is 10.1. The van der Waals surface area contributed by atoms with E-state index in [1.165, 1.54) is 30.6 Å². The number of nitrogens with zero attached hydrogens (tertiary/aromatic N) is 6. The lowest BCUT2D eigenvalue weighted by Gasteiger charge is -2.36. The van der Waals surface area contributed by atoms with Crippen molar-refractivity contribution in [3.63, 3.8) is 0 Å². The molecule has 14 heteroatoms. The van der Waals surface area contributed by atoms with Gasteiger partial charge in [-0.25, -0.2) is 4.98 Å². The first-order valence-corrected chi connectivity index (χ1v) is 16.6. The Morgan fingerprint density at radius 3 is 2.33 bits per heavy atom. The van der Waals surface area contributed by atoms with Crippen molar-refractivity contribution in [2.45, 2.75) is 38.6 Å². The Morgan fingerprint density at radius 1 is 0.979 bits per heavy atom. The Bertz CT molecular complexity index is 1910. The van der Waals surface area contributed by atoms with Crippen LogP contribution < -0.4 is 15.0 Å². The molecule has 10 nitrogen and oxygen atoms in total. The number of halogens is 3. The summed E-state index contributed by atoms with van der Waals surface area (Å²) in [5, 5.41) is 13.8. The highest BCUT2D eigenvalue weighted by atomic mass is 32.1. The fourth-order valence-corrected chi connectivity index (χ4v) is 6.78. The maximum atomic E-state index is 12.8. The lowest BCUT2D eigenvalue weighted by molar-refractivity contribution is -0.274. The number of methoxy groups -OCH3 is 1. The first-order valence-electron chi connectivity index (χ1n) is 15.8. The number of aromatic nitrogens is 4. The predicted molar refractivity (Wildman–Crippen MR) is 179 cm³/mol. The Morgan fingerprint density at radius 2 is 1.69 bits per heavy atom. The van der Waals surface area contributed by atoms with Gasteiger partial charge in [0.2, 0.25) is 5.13 Å². The van der Waals surface area contributed by atoms with Crippen LogP contribution in [0.3, 0.4) is 0 Å². The molecule has 1 aliphatic carbocycles. The molecular formula is C34H34F3N7O3S. The van der Waals surface area contributed by atoms with Crippen molar-refractivity contribution in [1.82, 2.24) is 24.6 Å². The smallest absolute Gasteiger partial charge is 0.469 e. The zero-order chi connectivity index (χ0) is 33.4. The molecule has 48 heavy (non-hydrogen) atoms. The molecule has 1 aliphatic heterocycles. The van der Waals surface area contributed by atoms with Gasteiger partial charge in [0, 0.05) is 43.3 Å². The van der Waals surface area contributed by atoms with Gasteiger partial charge in [-0.15, -0.1) is 23.4 Å². The van der Waals surface area contributed by atoms with Crippen LogP contribution in [0.5, 0.6) is 5.75 Å². The topological polar surface area (TPSA) is 97.6 Å². The molecule has 250 valence electrons. The fraction of sp³-hybridized carbons (Fsp3) is 0.353. The van der Waals surface area contributed by atoms with E-state index in [1.807, 2.05) is 30.3 Å². The maximum absolute atomic E-state index is 12.8. The Labute approximate surface area is 279 Å². The van der Waals surface area contributed by atoms with Gasteiger partial charge >= 0.3 is 12.3 Å². The van der Waals surface area contributed by atoms with Gasteiger partial charge in [0.25, 0.3) is 0 Å². The average molecular weight is 678 g/mol. The van der Waals surface area contributed by atoms with Crippen LogP contribution in [-0.2, 0) is 16.0 Å². The van der Waals surface area contributed by atoms with Crippen LogP contribution >= 0.6 is 11.3 Å². The predicted octanol–water partition coefficient (Wildman–Crippen LogP) is 7.06. The Kier molecular flexibility index (Phi) is 8.69. The quantitative estimate of drug-likeness (QED) is 0.156. The van der Waals surface area contributed by atoms with E-state index in [9.17, 15) is 18.0 Å². The highest BCUT2D eigenvalue weighted by Crippen LogP contribution is 2.44. The molecule has 1 saturated carbocycles. The molecule has 2 fully saturated rings. The first kappa shape index (κ1) is 31.9. The zero-order valence-electron chi connectivity index (χ0n) is 26.5. The van der Waals surface area contributed by atoms with Gasteiger partial charge in [-0.05, 0) is 61.3 Å². The molecule has 0 spiro atoms. The van der Waals surface area contributed by atoms with Crippen molar-refractivity contribution in [3.05, 3.63) is 66.2 Å². The van der Waals surface area contributed by atoms with Crippen LogP contribution in [0.2, 0.25) is 0 Å². The third kappa shape index (κ3) is 6.95. The normalized spacial score (nSPS) is 15.6. The van der Waals surface area contributed by atoms with E-state index in [2.05, 4.69) is 47.6 Å². The van der Waals surface area contributed by atoms with Gasteiger partial charge in [-0.3, -0.25) is 4.79 Å². The second-order valence-corrected chi connectivity index (χ2v) is 12.9. The van der Waals surface area contributed by atoms with Gasteiger partial charge in [-0.1, -0.05) is 42.5 Å². The van der Waals surface area contributed by atoms with E-state index in [1.54, 1.807) is 12.1 Å². The molecule has 0 atom stereocenters. The van der Waals surface area contributed by atoms with E-state index in [0.717, 1.165) is 84.1 Å². The standard InChI is InChI=1S/C34H34F3N7O3S/c1-3-42-14-16-43(17-15-42)28-20-29-27(38-31(44(29)24-10-11-24)22-8-12-25(13-9-22)47-34(35,36)37)19-26(28)39-33-41-40-32(48-33)23-6-4-21(5-7-23)18-30(45)46-2/h4-9,12-13,19-20,24H,3,10-11,14-18H2,1-2H3,(H,39,41). The average Bonchev–Trinajstić information content (AvgIpc) is 3.70. The number of fused-ring (bicyclic) bond motifs is 1. The zero-order valence-corrected chi connectivity index (χ0v) is 27.3. The summed E-state index contributed by atoms with van der Waals surface area (Å²) in [7, 11) is 1.37. The summed E-state index contributed by atoms with van der Waals surface area (Å²) in [4.78, 5) is 21.5. The molecule has 0 amide bonds. The second kappa shape index (κ2) is 13.1. The van der Waals surface area contributed by atoms with Crippen LogP contribution in [-0.4, -0.2) is 76.8 Å². The van der Waals surface area contributed by atoms with Gasteiger partial charge in [0.05, 0.1) is 35.9 Å². The summed E-state index contributed by atoms with van der Waals surface area (Å²) in [6, 6.07) is 18.0. The molecule has 7 rings (SSSR count). The summed E-state index contributed by atoms with van der Waals surface area (Å²) < 4.78 is 49.4. The number of piperazine rings is 1. The molecule has 3 heterocycles. The van der Waals surface area contributed by atoms with Crippen molar-refractivity contribution in [1.29, 1.82) is 0 Å². The molecule has 3 aromatic carbocycles. The monoisotopic (exact) mass is 677 g/mol. The van der Waals surface area contributed by atoms with Gasteiger partial charge in [0.1, 0.15) is 16.6 Å². The number of alkyl halides is 3. The van der Waals surface area contributed by atoms with Crippen molar-refractivity contribution in [2.24, 2.45) is 0 Å². The summed E-state index contributed by atoms with van der Waals surface area (Å²) in [6.45, 7) is 6.79. The molecule has 1 N–H and O–H groups in total. The number of carbonyl (C=O) groups excluding carboxylic acids is 1. The van der Waals surface area contributed by atoms with Crippen LogP contribution in [0, 0.1) is 0 Å². The first-order chi connectivity index (χ1) is 23.2. The number of anilines is 3. The summed E-state index contributed by atoms with van der Waals surface area (Å²) in [5.41, 5.74) is 6.09. The second-order valence-electron chi connectivity index (χ2n) is 11.9. The number of imidazole rings is 1. The molecule has 2 aliphatic rings. The van der Waals surface area contributed by atoms with Crippen molar-refractivity contribution in [3.8, 4) is 27.7 Å². The minimum atomic E-state index is -4.75. The molecule has 2 aromatic heterocycles. The number of carbonyl (C=O) groups is 1. The minimum absolute atomic E-state index is 0.202. The number of likely N-dealkylation sites (N-methyl/N-ethyl adjacent to an activating group) is 1. The molecule has 1 saturated heterocycles. The number of benzene rings is 3. The lowest BCUT2D eigenvalue weighted by Crippen LogP contribution is -2.46. The fourth-order valence-electron chi connectivity index (χ4n) is 6.02. The van der Waals surface area contributed by atoms with E-state index in [0.29, 0.717) is 16.5 Å². The highest BCUT2D eigenvalue weighted by Gasteiger charge is 2.32. The van der Waals surface area contributed by atoms with Crippen LogP contribution in [0.25, 0.3) is 33.0 Å². The molecule has 0 unspecified atom stereocenters. The molecule has 0 radical (unpaired) electrons. The van der Waals surface area contributed by atoms with Gasteiger partial charge in [-0.2, -0.15) is 0 Å². The molecular weight excluding hydrogens is 643 g/mol. The highest BCUT2D eigenvalue weighted by molar-refractivity contribution is 7.18. The largest absolute Gasteiger partial charge is 0.573 e. The number of hydrogen-bond acceptors (Lipinski definition) is 10.